The summed E-state index contributed by atoms with van der Waals surface area (Å²) >= 11 is 6.27. The summed E-state index contributed by atoms with van der Waals surface area (Å²) in [6, 6.07) is 13.0. The van der Waals surface area contributed by atoms with Crippen molar-refractivity contribution < 1.29 is 18.9 Å². The normalized spacial score (nSPS) is 18.2. The lowest BCUT2D eigenvalue weighted by Gasteiger charge is -2.22. The molecule has 1 fully saturated rings. The Hall–Kier alpha value is -3.72. The van der Waals surface area contributed by atoms with Crippen LogP contribution in [0.4, 0.5) is 10.5 Å². The van der Waals surface area contributed by atoms with Crippen molar-refractivity contribution in [3.05, 3.63) is 64.9 Å². The number of urea groups is 1. The van der Waals surface area contributed by atoms with Gasteiger partial charge >= 0.3 is 6.03 Å². The fourth-order valence-electron chi connectivity index (χ4n) is 3.30. The van der Waals surface area contributed by atoms with E-state index in [2.05, 4.69) is 20.8 Å². The molecule has 0 bridgehead atoms. The van der Waals surface area contributed by atoms with Gasteiger partial charge in [-0.3, -0.25) is 14.5 Å². The molecule has 0 radical (unpaired) electrons. The second-order valence-electron chi connectivity index (χ2n) is 7.20. The molecule has 0 spiro atoms. The number of hydrogen-bond acceptors (Lipinski definition) is 6. The monoisotopic (exact) mass is 439 g/mol. The Morgan fingerprint density at radius 1 is 1.23 bits per heavy atom. The maximum Gasteiger partial charge on any atom is 0.325 e. The van der Waals surface area contributed by atoms with Crippen LogP contribution in [-0.4, -0.2) is 39.4 Å². The highest BCUT2D eigenvalue weighted by atomic mass is 35.5. The predicted octanol–water partition coefficient (Wildman–Crippen LogP) is 3.10. The van der Waals surface area contributed by atoms with Crippen LogP contribution in [0.3, 0.4) is 0 Å². The molecule has 1 aromatic heterocycles. The highest BCUT2D eigenvalue weighted by Gasteiger charge is 2.49. The number of aromatic nitrogens is 2. The zero-order valence-electron chi connectivity index (χ0n) is 16.7. The van der Waals surface area contributed by atoms with Crippen molar-refractivity contribution in [3.63, 3.8) is 0 Å². The van der Waals surface area contributed by atoms with Crippen molar-refractivity contribution in [2.24, 2.45) is 0 Å². The van der Waals surface area contributed by atoms with Crippen LogP contribution < -0.4 is 10.6 Å². The third-order valence-electron chi connectivity index (χ3n) is 4.95. The van der Waals surface area contributed by atoms with Gasteiger partial charge in [-0.1, -0.05) is 47.1 Å². The maximum absolute atomic E-state index is 12.9. The fourth-order valence-corrected chi connectivity index (χ4v) is 3.53. The number of amides is 4. The lowest BCUT2D eigenvalue weighted by Crippen LogP contribution is -2.42. The van der Waals surface area contributed by atoms with Gasteiger partial charge in [0, 0.05) is 5.56 Å². The zero-order chi connectivity index (χ0) is 22.2. The number of anilines is 1. The molecule has 158 valence electrons. The first-order chi connectivity index (χ1) is 14.8. The summed E-state index contributed by atoms with van der Waals surface area (Å²) in [7, 11) is 0. The third kappa shape index (κ3) is 3.87. The molecule has 2 aromatic carbocycles. The lowest BCUT2D eigenvalue weighted by molar-refractivity contribution is -0.133. The van der Waals surface area contributed by atoms with E-state index >= 15 is 0 Å². The van der Waals surface area contributed by atoms with Crippen molar-refractivity contribution in [1.29, 1.82) is 0 Å². The van der Waals surface area contributed by atoms with Crippen molar-refractivity contribution in [2.75, 3.05) is 11.9 Å². The summed E-state index contributed by atoms with van der Waals surface area (Å²) in [6.07, 6.45) is 0. The van der Waals surface area contributed by atoms with Gasteiger partial charge in [-0.05, 0) is 37.6 Å². The molecule has 1 saturated heterocycles. The average molecular weight is 440 g/mol. The Kier molecular flexibility index (Phi) is 5.20. The molecule has 9 nitrogen and oxygen atoms in total. The third-order valence-corrected chi connectivity index (χ3v) is 5.26. The topological polar surface area (TPSA) is 117 Å². The lowest BCUT2D eigenvalue weighted by atomic mass is 9.92. The second kappa shape index (κ2) is 7.84. The number of nitrogens with zero attached hydrogens (tertiary/aromatic N) is 3. The Labute approximate surface area is 182 Å². The number of rotatable bonds is 5. The van der Waals surface area contributed by atoms with Gasteiger partial charge in [0.05, 0.1) is 10.7 Å². The smallest absolute Gasteiger partial charge is 0.325 e. The number of benzene rings is 2. The van der Waals surface area contributed by atoms with Crippen LogP contribution in [0.1, 0.15) is 18.3 Å². The first-order valence-corrected chi connectivity index (χ1v) is 9.75. The summed E-state index contributed by atoms with van der Waals surface area (Å²) in [5.41, 5.74) is 0.312. The number of carbonyl (C=O) groups excluding carboxylic acids is 3. The fraction of sp³-hybridized carbons (Fsp3) is 0.190. The Bertz CT molecular complexity index is 1180. The van der Waals surface area contributed by atoms with Crippen LogP contribution in [-0.2, 0) is 15.1 Å². The Balaban J connectivity index is 1.46. The molecule has 10 heteroatoms. The molecule has 2 N–H and O–H groups in total. The summed E-state index contributed by atoms with van der Waals surface area (Å²) in [5, 5.41) is 9.25. The van der Waals surface area contributed by atoms with Gasteiger partial charge in [-0.2, -0.15) is 4.98 Å². The number of imide groups is 1. The number of halogens is 1. The van der Waals surface area contributed by atoms with Crippen molar-refractivity contribution >= 4 is 35.1 Å². The predicted molar refractivity (Wildman–Crippen MR) is 112 cm³/mol. The van der Waals surface area contributed by atoms with E-state index in [0.29, 0.717) is 28.5 Å². The summed E-state index contributed by atoms with van der Waals surface area (Å²) < 4.78 is 5.10. The minimum atomic E-state index is -1.24. The van der Waals surface area contributed by atoms with Gasteiger partial charge in [-0.15, -0.1) is 0 Å². The minimum absolute atomic E-state index is 0.244. The summed E-state index contributed by atoms with van der Waals surface area (Å²) in [6.45, 7) is 2.85. The molecule has 1 atom stereocenters. The molecule has 0 saturated carbocycles. The molecular formula is C21H18ClN5O4. The Morgan fingerprint density at radius 2 is 1.97 bits per heavy atom. The molecule has 31 heavy (non-hydrogen) atoms. The molecule has 0 aliphatic carbocycles. The van der Waals surface area contributed by atoms with E-state index in [0.717, 1.165) is 4.90 Å². The van der Waals surface area contributed by atoms with Gasteiger partial charge < -0.3 is 15.2 Å². The first-order valence-electron chi connectivity index (χ1n) is 9.37. The minimum Gasteiger partial charge on any atom is -0.334 e. The van der Waals surface area contributed by atoms with Crippen LogP contribution in [0.2, 0.25) is 5.02 Å². The van der Waals surface area contributed by atoms with Crippen LogP contribution in [0.15, 0.2) is 53.1 Å². The van der Waals surface area contributed by atoms with Gasteiger partial charge in [0.1, 0.15) is 12.1 Å². The maximum atomic E-state index is 12.9. The SMILES string of the molecule is Cc1noc(-c2ccc(NC(=O)CN3C(=O)N[C@](C)(c4ccccc4)C3=O)c(Cl)c2)n1. The van der Waals surface area contributed by atoms with E-state index in [1.807, 2.05) is 6.07 Å². The molecular weight excluding hydrogens is 422 g/mol. The molecule has 0 unspecified atom stereocenters. The highest BCUT2D eigenvalue weighted by molar-refractivity contribution is 6.34. The van der Waals surface area contributed by atoms with Gasteiger partial charge in [0.2, 0.25) is 5.91 Å². The number of hydrogen-bond donors (Lipinski definition) is 2. The number of nitrogens with one attached hydrogen (secondary N) is 2. The summed E-state index contributed by atoms with van der Waals surface area (Å²) in [5.74, 6) is -0.285. The molecule has 1 aliphatic rings. The van der Waals surface area contributed by atoms with Crippen molar-refractivity contribution in [2.45, 2.75) is 19.4 Å². The van der Waals surface area contributed by atoms with Gasteiger partial charge in [-0.25, -0.2) is 4.79 Å². The highest BCUT2D eigenvalue weighted by Crippen LogP contribution is 2.30. The first kappa shape index (κ1) is 20.5. The number of carbonyl (C=O) groups is 3. The molecule has 3 aromatic rings. The van der Waals surface area contributed by atoms with E-state index in [9.17, 15) is 14.4 Å². The number of aryl methyl sites for hydroxylation is 1. The van der Waals surface area contributed by atoms with E-state index in [4.69, 9.17) is 16.1 Å². The quantitative estimate of drug-likeness (QED) is 0.590. The molecule has 2 heterocycles. The van der Waals surface area contributed by atoms with E-state index in [1.54, 1.807) is 56.3 Å². The van der Waals surface area contributed by atoms with Crippen LogP contribution >= 0.6 is 11.6 Å². The van der Waals surface area contributed by atoms with Crippen LogP contribution in [0, 0.1) is 6.92 Å². The van der Waals surface area contributed by atoms with E-state index < -0.39 is 29.9 Å². The van der Waals surface area contributed by atoms with E-state index in [-0.39, 0.29) is 5.02 Å². The van der Waals surface area contributed by atoms with Crippen molar-refractivity contribution in [1.82, 2.24) is 20.4 Å². The molecule has 4 rings (SSSR count). The van der Waals surface area contributed by atoms with Crippen LogP contribution in [0.5, 0.6) is 0 Å². The van der Waals surface area contributed by atoms with Gasteiger partial charge in [0.25, 0.3) is 11.8 Å². The Morgan fingerprint density at radius 3 is 2.61 bits per heavy atom. The van der Waals surface area contributed by atoms with Crippen LogP contribution in [0.25, 0.3) is 11.5 Å². The largest absolute Gasteiger partial charge is 0.334 e. The van der Waals surface area contributed by atoms with Gasteiger partial charge in [0.15, 0.2) is 5.82 Å². The van der Waals surface area contributed by atoms with Crippen molar-refractivity contribution in [3.8, 4) is 11.5 Å². The second-order valence-corrected chi connectivity index (χ2v) is 7.61. The average Bonchev–Trinajstić information content (AvgIpc) is 3.27. The standard InChI is InChI=1S/C21H18ClN5O4/c1-12-23-18(31-26-12)13-8-9-16(15(22)10-13)24-17(28)11-27-19(29)21(2,25-20(27)30)14-6-4-3-5-7-14/h3-10H,11H2,1-2H3,(H,24,28)(H,25,30)/t21-/m1/s1. The van der Waals surface area contributed by atoms with E-state index in [1.165, 1.54) is 0 Å². The molecule has 1 aliphatic heterocycles. The zero-order valence-corrected chi connectivity index (χ0v) is 17.4. The molecule has 4 amide bonds. The summed E-state index contributed by atoms with van der Waals surface area (Å²) in [4.78, 5) is 42.8.